The molecular formula is C15H15Cl2N3O5. The summed E-state index contributed by atoms with van der Waals surface area (Å²) in [6, 6.07) is 1.71. The maximum atomic E-state index is 12.1. The molecule has 2 rings (SSSR count). The van der Waals surface area contributed by atoms with Crippen LogP contribution in [0.4, 0.5) is 4.79 Å². The molecular weight excluding hydrogens is 373 g/mol. The third-order valence-corrected chi connectivity index (χ3v) is 3.73. The number of halogens is 2. The number of esters is 2. The van der Waals surface area contributed by atoms with Gasteiger partial charge in [-0.05, 0) is 26.0 Å². The van der Waals surface area contributed by atoms with Crippen LogP contribution in [0.2, 0.25) is 10.2 Å². The molecule has 1 aromatic rings. The molecule has 1 atom stereocenters. The lowest BCUT2D eigenvalue weighted by Crippen LogP contribution is -2.50. The van der Waals surface area contributed by atoms with Crippen LogP contribution in [0, 0.1) is 0 Å². The quantitative estimate of drug-likeness (QED) is 0.591. The fourth-order valence-electron chi connectivity index (χ4n) is 2.16. The topological polar surface area (TPSA) is 107 Å². The number of urea groups is 1. The normalized spacial score (nSPS) is 16.8. The van der Waals surface area contributed by atoms with Crippen molar-refractivity contribution in [1.82, 2.24) is 15.6 Å². The minimum absolute atomic E-state index is 0.0664. The molecule has 0 radical (unpaired) electrons. The van der Waals surface area contributed by atoms with Crippen LogP contribution in [-0.4, -0.2) is 42.2 Å². The zero-order valence-corrected chi connectivity index (χ0v) is 14.9. The van der Waals surface area contributed by atoms with Gasteiger partial charge in [0.15, 0.2) is 5.69 Å². The Bertz CT molecular complexity index is 751. The summed E-state index contributed by atoms with van der Waals surface area (Å²) in [4.78, 5) is 39.6. The molecule has 2 heterocycles. The van der Waals surface area contributed by atoms with Gasteiger partial charge in [-0.25, -0.2) is 19.4 Å². The van der Waals surface area contributed by atoms with Crippen LogP contribution in [-0.2, 0) is 14.3 Å². The molecule has 0 saturated carbocycles. The van der Waals surface area contributed by atoms with Crippen molar-refractivity contribution >= 4 is 41.2 Å². The van der Waals surface area contributed by atoms with Gasteiger partial charge in [-0.15, -0.1) is 0 Å². The highest BCUT2D eigenvalue weighted by Crippen LogP contribution is 2.19. The van der Waals surface area contributed by atoms with E-state index in [0.717, 1.165) is 0 Å². The van der Waals surface area contributed by atoms with Gasteiger partial charge in [0.2, 0.25) is 0 Å². The van der Waals surface area contributed by atoms with Gasteiger partial charge in [-0.3, -0.25) is 0 Å². The van der Waals surface area contributed by atoms with Crippen LogP contribution in [0.5, 0.6) is 0 Å². The van der Waals surface area contributed by atoms with Crippen LogP contribution < -0.4 is 10.6 Å². The Morgan fingerprint density at radius 3 is 2.64 bits per heavy atom. The highest BCUT2D eigenvalue weighted by Gasteiger charge is 2.30. The number of nitrogens with one attached hydrogen (secondary N) is 2. The molecule has 134 valence electrons. The van der Waals surface area contributed by atoms with Crippen LogP contribution in [0.1, 0.15) is 24.3 Å². The molecule has 2 amide bonds. The van der Waals surface area contributed by atoms with Gasteiger partial charge >= 0.3 is 18.0 Å². The zero-order chi connectivity index (χ0) is 18.6. The maximum Gasteiger partial charge on any atom is 0.358 e. The lowest BCUT2D eigenvalue weighted by atomic mass is 10.0. The molecule has 0 spiro atoms. The van der Waals surface area contributed by atoms with Crippen LogP contribution in [0.25, 0.3) is 0 Å². The Morgan fingerprint density at radius 2 is 1.96 bits per heavy atom. The Kier molecular flexibility index (Phi) is 6.22. The number of hydrogen-bond donors (Lipinski definition) is 2. The second kappa shape index (κ2) is 8.17. The van der Waals surface area contributed by atoms with E-state index in [1.54, 1.807) is 13.8 Å². The summed E-state index contributed by atoms with van der Waals surface area (Å²) < 4.78 is 10.1. The molecule has 0 bridgehead atoms. The summed E-state index contributed by atoms with van der Waals surface area (Å²) in [6.45, 7) is 3.07. The van der Waals surface area contributed by atoms with E-state index in [-0.39, 0.29) is 40.4 Å². The Balaban J connectivity index is 2.21. The van der Waals surface area contributed by atoms with Gasteiger partial charge in [0, 0.05) is 0 Å². The summed E-state index contributed by atoms with van der Waals surface area (Å²) in [5, 5.41) is 5.12. The molecule has 10 heteroatoms. The van der Waals surface area contributed by atoms with Crippen molar-refractivity contribution in [3.05, 3.63) is 39.3 Å². The number of nitrogens with zero attached hydrogens (tertiary/aromatic N) is 1. The van der Waals surface area contributed by atoms with Crippen LogP contribution in [0.3, 0.4) is 0 Å². The van der Waals surface area contributed by atoms with Gasteiger partial charge in [0.1, 0.15) is 11.8 Å². The van der Waals surface area contributed by atoms with Crippen molar-refractivity contribution in [3.8, 4) is 0 Å². The van der Waals surface area contributed by atoms with Gasteiger partial charge in [0.25, 0.3) is 0 Å². The van der Waals surface area contributed by atoms with E-state index in [4.69, 9.17) is 32.7 Å². The minimum atomic E-state index is -0.844. The first kappa shape index (κ1) is 19.0. The second-order valence-electron chi connectivity index (χ2n) is 4.97. The summed E-state index contributed by atoms with van der Waals surface area (Å²) in [5.41, 5.74) is 0.126. The third kappa shape index (κ3) is 4.61. The lowest BCUT2D eigenvalue weighted by Gasteiger charge is -2.26. The first-order valence-corrected chi connectivity index (χ1v) is 8.06. The molecule has 0 aliphatic carbocycles. The second-order valence-corrected chi connectivity index (χ2v) is 5.77. The van der Waals surface area contributed by atoms with Gasteiger partial charge in [0.05, 0.1) is 28.9 Å². The van der Waals surface area contributed by atoms with Crippen LogP contribution in [0.15, 0.2) is 23.4 Å². The van der Waals surface area contributed by atoms with E-state index in [1.807, 2.05) is 0 Å². The molecule has 1 aliphatic heterocycles. The molecule has 8 nitrogen and oxygen atoms in total. The molecule has 2 N–H and O–H groups in total. The van der Waals surface area contributed by atoms with E-state index in [0.29, 0.717) is 0 Å². The average Bonchev–Trinajstić information content (AvgIpc) is 2.54. The molecule has 25 heavy (non-hydrogen) atoms. The zero-order valence-electron chi connectivity index (χ0n) is 13.4. The van der Waals surface area contributed by atoms with Crippen molar-refractivity contribution < 1.29 is 23.9 Å². The van der Waals surface area contributed by atoms with E-state index in [1.165, 1.54) is 12.1 Å². The first-order valence-electron chi connectivity index (χ1n) is 7.30. The predicted octanol–water partition coefficient (Wildman–Crippen LogP) is 2.06. The number of amides is 2. The number of hydrogen-bond acceptors (Lipinski definition) is 6. The fourth-order valence-corrected chi connectivity index (χ4v) is 2.49. The Hall–Kier alpha value is -2.32. The molecule has 0 aromatic carbocycles. The maximum absolute atomic E-state index is 12.1. The summed E-state index contributed by atoms with van der Waals surface area (Å²) in [6.07, 6.45) is 0. The minimum Gasteiger partial charge on any atom is -0.463 e. The Labute approximate surface area is 153 Å². The predicted molar refractivity (Wildman–Crippen MR) is 89.3 cm³/mol. The third-order valence-electron chi connectivity index (χ3n) is 3.22. The number of carbonyl (C=O) groups excluding carboxylic acids is 3. The van der Waals surface area contributed by atoms with Crippen molar-refractivity contribution in [2.75, 3.05) is 13.2 Å². The SMILES string of the molecule is CCOC(=O)C1=C(COC(=O)c2nc(Cl)ccc2Cl)NC(=O)N[C@H]1C. The number of rotatable bonds is 5. The van der Waals surface area contributed by atoms with Gasteiger partial charge < -0.3 is 20.1 Å². The van der Waals surface area contributed by atoms with E-state index >= 15 is 0 Å². The molecule has 0 fully saturated rings. The average molecular weight is 388 g/mol. The monoisotopic (exact) mass is 387 g/mol. The van der Waals surface area contributed by atoms with Crippen molar-refractivity contribution in [2.45, 2.75) is 19.9 Å². The van der Waals surface area contributed by atoms with E-state index in [9.17, 15) is 14.4 Å². The lowest BCUT2D eigenvalue weighted by molar-refractivity contribution is -0.139. The number of ether oxygens (including phenoxy) is 2. The number of aromatic nitrogens is 1. The summed E-state index contributed by atoms with van der Waals surface area (Å²) >= 11 is 11.6. The fraction of sp³-hybridized carbons (Fsp3) is 0.333. The first-order chi connectivity index (χ1) is 11.8. The van der Waals surface area contributed by atoms with E-state index < -0.39 is 24.0 Å². The molecule has 1 aliphatic rings. The van der Waals surface area contributed by atoms with Gasteiger partial charge in [-0.2, -0.15) is 0 Å². The van der Waals surface area contributed by atoms with Crippen molar-refractivity contribution in [1.29, 1.82) is 0 Å². The molecule has 1 aromatic heterocycles. The van der Waals surface area contributed by atoms with Crippen molar-refractivity contribution in [3.63, 3.8) is 0 Å². The largest absolute Gasteiger partial charge is 0.463 e. The van der Waals surface area contributed by atoms with Crippen molar-refractivity contribution in [2.24, 2.45) is 0 Å². The summed E-state index contributed by atoms with van der Waals surface area (Å²) in [5.74, 6) is -1.46. The Morgan fingerprint density at radius 1 is 1.24 bits per heavy atom. The summed E-state index contributed by atoms with van der Waals surface area (Å²) in [7, 11) is 0. The molecule has 0 unspecified atom stereocenters. The highest BCUT2D eigenvalue weighted by molar-refractivity contribution is 6.34. The number of pyridine rings is 1. The highest BCUT2D eigenvalue weighted by atomic mass is 35.5. The smallest absolute Gasteiger partial charge is 0.358 e. The standard InChI is InChI=1S/C15H15Cl2N3O5/c1-3-24-13(21)11-7(2)18-15(23)19-9(11)6-25-14(22)12-8(16)4-5-10(17)20-12/h4-5,7H,3,6H2,1-2H3,(H2,18,19,23)/t7-/m0/s1. The van der Waals surface area contributed by atoms with E-state index in [2.05, 4.69) is 15.6 Å². The van der Waals surface area contributed by atoms with Crippen LogP contribution >= 0.6 is 23.2 Å². The number of carbonyl (C=O) groups is 3. The van der Waals surface area contributed by atoms with Gasteiger partial charge in [-0.1, -0.05) is 23.2 Å². The molecule has 0 saturated heterocycles.